The minimum atomic E-state index is -1.21. The van der Waals surface area contributed by atoms with Gasteiger partial charge in [0.25, 0.3) is 0 Å². The molecule has 1 aliphatic rings. The van der Waals surface area contributed by atoms with E-state index in [-0.39, 0.29) is 0 Å². The van der Waals surface area contributed by atoms with Crippen LogP contribution in [0.1, 0.15) is 0 Å². The quantitative estimate of drug-likeness (QED) is 0.496. The number of hydrogen-bond acceptors (Lipinski definition) is 5. The van der Waals surface area contributed by atoms with Crippen LogP contribution in [0, 0.1) is 0 Å². The highest BCUT2D eigenvalue weighted by Crippen LogP contribution is 2.31. The SMILES string of the molecule is CN1CCN(S(=O)c2cncc(-c3ccc4nccc(-c5ccncc5)c4c3)c2)CC1. The minimum Gasteiger partial charge on any atom is -0.304 e. The Kier molecular flexibility index (Phi) is 5.55. The fourth-order valence-corrected chi connectivity index (χ4v) is 5.06. The van der Waals surface area contributed by atoms with Crippen molar-refractivity contribution in [3.8, 4) is 22.3 Å². The maximum absolute atomic E-state index is 13.1. The van der Waals surface area contributed by atoms with E-state index >= 15 is 0 Å². The number of benzene rings is 1. The minimum absolute atomic E-state index is 0.739. The summed E-state index contributed by atoms with van der Waals surface area (Å²) in [7, 11) is 0.889. The van der Waals surface area contributed by atoms with Gasteiger partial charge in [-0.3, -0.25) is 15.0 Å². The largest absolute Gasteiger partial charge is 0.304 e. The van der Waals surface area contributed by atoms with Crippen molar-refractivity contribution in [3.05, 3.63) is 73.4 Å². The second-order valence-electron chi connectivity index (χ2n) is 7.72. The van der Waals surface area contributed by atoms with E-state index in [9.17, 15) is 4.21 Å². The van der Waals surface area contributed by atoms with Crippen LogP contribution in [-0.2, 0) is 11.0 Å². The average molecular weight is 430 g/mol. The van der Waals surface area contributed by atoms with Gasteiger partial charge in [-0.2, -0.15) is 0 Å². The van der Waals surface area contributed by atoms with Gasteiger partial charge in [0.1, 0.15) is 11.0 Å². The molecular formula is C24H23N5OS. The zero-order chi connectivity index (χ0) is 21.2. The smallest absolute Gasteiger partial charge is 0.129 e. The molecule has 0 radical (unpaired) electrons. The van der Waals surface area contributed by atoms with E-state index < -0.39 is 11.0 Å². The van der Waals surface area contributed by atoms with Crippen LogP contribution >= 0.6 is 0 Å². The molecule has 4 heterocycles. The summed E-state index contributed by atoms with van der Waals surface area (Å²) in [6.45, 7) is 3.44. The van der Waals surface area contributed by atoms with Gasteiger partial charge in [0.05, 0.1) is 10.4 Å². The first-order chi connectivity index (χ1) is 15.2. The molecule has 5 rings (SSSR count). The van der Waals surface area contributed by atoms with Gasteiger partial charge in [-0.05, 0) is 60.1 Å². The highest BCUT2D eigenvalue weighted by atomic mass is 32.2. The normalized spacial score (nSPS) is 16.4. The molecule has 3 aromatic heterocycles. The molecule has 1 aromatic carbocycles. The average Bonchev–Trinajstić information content (AvgIpc) is 2.84. The van der Waals surface area contributed by atoms with Crippen LogP contribution in [-0.4, -0.2) is 61.6 Å². The van der Waals surface area contributed by atoms with Crippen LogP contribution in [0.15, 0.2) is 78.3 Å². The fourth-order valence-electron chi connectivity index (χ4n) is 3.88. The van der Waals surface area contributed by atoms with E-state index in [1.54, 1.807) is 18.6 Å². The van der Waals surface area contributed by atoms with Crippen LogP contribution in [0.5, 0.6) is 0 Å². The number of pyridine rings is 3. The van der Waals surface area contributed by atoms with E-state index in [4.69, 9.17) is 0 Å². The molecule has 0 bridgehead atoms. The Morgan fingerprint density at radius 1 is 0.806 bits per heavy atom. The van der Waals surface area contributed by atoms with Crippen molar-refractivity contribution in [2.45, 2.75) is 4.90 Å². The standard InChI is InChI=1S/C24H23N5OS/c1-28-10-12-29(13-11-28)31(30)21-14-20(16-26-17-21)19-2-3-24-23(15-19)22(6-9-27-24)18-4-7-25-8-5-18/h2-9,14-17H,10-13H2,1H3. The lowest BCUT2D eigenvalue weighted by molar-refractivity contribution is 0.228. The Morgan fingerprint density at radius 2 is 1.61 bits per heavy atom. The van der Waals surface area contributed by atoms with Crippen LogP contribution in [0.25, 0.3) is 33.2 Å². The summed E-state index contributed by atoms with van der Waals surface area (Å²) in [5.41, 5.74) is 5.12. The number of nitrogens with zero attached hydrogens (tertiary/aromatic N) is 5. The fraction of sp³-hybridized carbons (Fsp3) is 0.208. The van der Waals surface area contributed by atoms with Crippen molar-refractivity contribution in [1.29, 1.82) is 0 Å². The van der Waals surface area contributed by atoms with Gasteiger partial charge in [0, 0.05) is 68.1 Å². The van der Waals surface area contributed by atoms with Crippen molar-refractivity contribution in [2.75, 3.05) is 33.2 Å². The maximum Gasteiger partial charge on any atom is 0.129 e. The molecule has 156 valence electrons. The molecule has 0 aliphatic carbocycles. The van der Waals surface area contributed by atoms with Crippen molar-refractivity contribution in [2.24, 2.45) is 0 Å². The predicted molar refractivity (Wildman–Crippen MR) is 124 cm³/mol. The maximum atomic E-state index is 13.1. The number of hydrogen-bond donors (Lipinski definition) is 0. The first kappa shape index (κ1) is 19.9. The molecule has 1 aliphatic heterocycles. The first-order valence-corrected chi connectivity index (χ1v) is 11.4. The third-order valence-corrected chi connectivity index (χ3v) is 7.14. The van der Waals surface area contributed by atoms with Gasteiger partial charge in [-0.1, -0.05) is 6.07 Å². The summed E-state index contributed by atoms with van der Waals surface area (Å²) in [5, 5.41) is 1.07. The summed E-state index contributed by atoms with van der Waals surface area (Å²) in [6.07, 6.45) is 8.97. The highest BCUT2D eigenvalue weighted by Gasteiger charge is 2.21. The Bertz CT molecular complexity index is 1240. The van der Waals surface area contributed by atoms with Crippen molar-refractivity contribution >= 4 is 21.9 Å². The lowest BCUT2D eigenvalue weighted by Crippen LogP contribution is -2.45. The number of piperazine rings is 1. The molecule has 31 heavy (non-hydrogen) atoms. The van der Waals surface area contributed by atoms with Gasteiger partial charge in [0.2, 0.25) is 0 Å². The summed E-state index contributed by atoms with van der Waals surface area (Å²) in [6, 6.07) is 14.2. The summed E-state index contributed by atoms with van der Waals surface area (Å²) >= 11 is 0. The number of likely N-dealkylation sites (N-methyl/N-ethyl adjacent to an activating group) is 1. The molecular weight excluding hydrogens is 406 g/mol. The number of aromatic nitrogens is 3. The predicted octanol–water partition coefficient (Wildman–Crippen LogP) is 3.63. The van der Waals surface area contributed by atoms with Gasteiger partial charge in [0.15, 0.2) is 0 Å². The van der Waals surface area contributed by atoms with Crippen molar-refractivity contribution in [1.82, 2.24) is 24.2 Å². The molecule has 7 heteroatoms. The third-order valence-electron chi connectivity index (χ3n) is 5.68. The first-order valence-electron chi connectivity index (χ1n) is 10.3. The monoisotopic (exact) mass is 429 g/mol. The molecule has 0 spiro atoms. The van der Waals surface area contributed by atoms with Crippen LogP contribution in [0.4, 0.5) is 0 Å². The van der Waals surface area contributed by atoms with Gasteiger partial charge < -0.3 is 4.90 Å². The topological polar surface area (TPSA) is 62.2 Å². The molecule has 1 fully saturated rings. The zero-order valence-corrected chi connectivity index (χ0v) is 18.1. The molecule has 1 unspecified atom stereocenters. The van der Waals surface area contributed by atoms with Gasteiger partial charge >= 0.3 is 0 Å². The lowest BCUT2D eigenvalue weighted by Gasteiger charge is -2.31. The molecule has 1 saturated heterocycles. The second kappa shape index (κ2) is 8.63. The van der Waals surface area contributed by atoms with Crippen molar-refractivity contribution in [3.63, 3.8) is 0 Å². The van der Waals surface area contributed by atoms with E-state index in [2.05, 4.69) is 33.0 Å². The van der Waals surface area contributed by atoms with Crippen LogP contribution < -0.4 is 0 Å². The van der Waals surface area contributed by atoms with Gasteiger partial charge in [-0.25, -0.2) is 8.51 Å². The van der Waals surface area contributed by atoms with Crippen LogP contribution in [0.2, 0.25) is 0 Å². The Hall–Kier alpha value is -3.00. The molecule has 1 atom stereocenters. The summed E-state index contributed by atoms with van der Waals surface area (Å²) in [4.78, 5) is 16.0. The summed E-state index contributed by atoms with van der Waals surface area (Å²) < 4.78 is 15.1. The lowest BCUT2D eigenvalue weighted by atomic mass is 9.98. The number of rotatable bonds is 4. The molecule has 0 N–H and O–H groups in total. The van der Waals surface area contributed by atoms with Gasteiger partial charge in [-0.15, -0.1) is 0 Å². The second-order valence-corrected chi connectivity index (χ2v) is 9.20. The summed E-state index contributed by atoms with van der Waals surface area (Å²) in [5.74, 6) is 0. The molecule has 0 amide bonds. The van der Waals surface area contributed by atoms with Crippen molar-refractivity contribution < 1.29 is 4.21 Å². The third kappa shape index (κ3) is 4.12. The van der Waals surface area contributed by atoms with E-state index in [1.165, 1.54) is 0 Å². The molecule has 6 nitrogen and oxygen atoms in total. The van der Waals surface area contributed by atoms with E-state index in [1.807, 2.05) is 53.1 Å². The number of fused-ring (bicyclic) bond motifs is 1. The molecule has 0 saturated carbocycles. The molecule has 4 aromatic rings. The Labute approximate surface area is 184 Å². The van der Waals surface area contributed by atoms with Crippen LogP contribution in [0.3, 0.4) is 0 Å². The Morgan fingerprint density at radius 3 is 2.42 bits per heavy atom. The highest BCUT2D eigenvalue weighted by molar-refractivity contribution is 7.82. The Balaban J connectivity index is 1.51. The van der Waals surface area contributed by atoms with E-state index in [0.29, 0.717) is 0 Å². The van der Waals surface area contributed by atoms with E-state index in [0.717, 1.165) is 64.2 Å². The zero-order valence-electron chi connectivity index (χ0n) is 17.3.